The van der Waals surface area contributed by atoms with Crippen molar-refractivity contribution in [1.29, 1.82) is 0 Å². The Balaban J connectivity index is 1.71. The van der Waals surface area contributed by atoms with Crippen LogP contribution in [0.4, 0.5) is 4.79 Å². The molecular formula is C11H15N3O2. The minimum absolute atomic E-state index is 0.135. The number of ether oxygens (including phenoxy) is 1. The molecule has 0 bridgehead atoms. The van der Waals surface area contributed by atoms with Crippen LogP contribution in [0.15, 0.2) is 24.4 Å². The van der Waals surface area contributed by atoms with Gasteiger partial charge >= 0.3 is 6.03 Å². The lowest BCUT2D eigenvalue weighted by Gasteiger charge is -2.12. The normalized spacial score (nSPS) is 19.4. The molecule has 2 rings (SSSR count). The summed E-state index contributed by atoms with van der Waals surface area (Å²) in [5.74, 6) is 0. The fraction of sp³-hybridized carbons (Fsp3) is 0.455. The molecule has 0 spiro atoms. The zero-order chi connectivity index (χ0) is 11.2. The van der Waals surface area contributed by atoms with E-state index < -0.39 is 0 Å². The number of aromatic nitrogens is 1. The van der Waals surface area contributed by atoms with Crippen LogP contribution >= 0.6 is 0 Å². The van der Waals surface area contributed by atoms with Crippen LogP contribution < -0.4 is 10.6 Å². The maximum Gasteiger partial charge on any atom is 0.317 e. The van der Waals surface area contributed by atoms with E-state index in [-0.39, 0.29) is 12.3 Å². The van der Waals surface area contributed by atoms with Crippen molar-refractivity contribution in [2.75, 3.05) is 6.61 Å². The number of carbonyl (C=O) groups excluding carboxylic acids is 1. The van der Waals surface area contributed by atoms with Crippen LogP contribution in [-0.4, -0.2) is 23.8 Å². The first-order valence-corrected chi connectivity index (χ1v) is 5.40. The van der Waals surface area contributed by atoms with E-state index >= 15 is 0 Å². The van der Waals surface area contributed by atoms with E-state index in [0.717, 1.165) is 25.1 Å². The van der Waals surface area contributed by atoms with Crippen LogP contribution in [0.1, 0.15) is 18.5 Å². The third-order valence-corrected chi connectivity index (χ3v) is 2.38. The highest BCUT2D eigenvalue weighted by Crippen LogP contribution is 2.08. The number of urea groups is 1. The van der Waals surface area contributed by atoms with Gasteiger partial charge in [-0.15, -0.1) is 0 Å². The number of nitrogens with zero attached hydrogens (tertiary/aromatic N) is 1. The summed E-state index contributed by atoms with van der Waals surface area (Å²) in [5.41, 5.74) is 0.838. The van der Waals surface area contributed by atoms with E-state index in [2.05, 4.69) is 15.6 Å². The highest BCUT2D eigenvalue weighted by atomic mass is 16.5. The maximum absolute atomic E-state index is 11.4. The summed E-state index contributed by atoms with van der Waals surface area (Å²) in [5, 5.41) is 5.48. The van der Waals surface area contributed by atoms with Gasteiger partial charge in [-0.05, 0) is 25.0 Å². The first-order valence-electron chi connectivity index (χ1n) is 5.40. The van der Waals surface area contributed by atoms with E-state index in [9.17, 15) is 4.79 Å². The molecule has 1 saturated heterocycles. The van der Waals surface area contributed by atoms with Crippen LogP contribution in [0.25, 0.3) is 0 Å². The standard InChI is InChI=1S/C11H15N3O2/c15-11(14-10-5-3-7-16-10)13-8-9-4-1-2-6-12-9/h1-2,4,6,10H,3,5,7-8H2,(H2,13,14,15). The lowest BCUT2D eigenvalue weighted by Crippen LogP contribution is -2.41. The van der Waals surface area contributed by atoms with Gasteiger partial charge in [-0.2, -0.15) is 0 Å². The largest absolute Gasteiger partial charge is 0.358 e. The van der Waals surface area contributed by atoms with E-state index in [4.69, 9.17) is 4.74 Å². The van der Waals surface area contributed by atoms with Crippen molar-refractivity contribution < 1.29 is 9.53 Å². The van der Waals surface area contributed by atoms with E-state index in [1.54, 1.807) is 6.20 Å². The molecule has 5 heteroatoms. The van der Waals surface area contributed by atoms with Gasteiger partial charge in [0.1, 0.15) is 6.23 Å². The third kappa shape index (κ3) is 3.20. The molecule has 1 aromatic heterocycles. The number of carbonyl (C=O) groups is 1. The average Bonchev–Trinajstić information content (AvgIpc) is 2.81. The molecular weight excluding hydrogens is 206 g/mol. The number of hydrogen-bond donors (Lipinski definition) is 2. The number of amides is 2. The van der Waals surface area contributed by atoms with Crippen molar-refractivity contribution in [3.8, 4) is 0 Å². The number of pyridine rings is 1. The summed E-state index contributed by atoms with van der Waals surface area (Å²) < 4.78 is 5.29. The van der Waals surface area contributed by atoms with E-state index in [1.807, 2.05) is 18.2 Å². The topological polar surface area (TPSA) is 63.2 Å². The molecule has 2 N–H and O–H groups in total. The lowest BCUT2D eigenvalue weighted by molar-refractivity contribution is 0.0906. The summed E-state index contributed by atoms with van der Waals surface area (Å²) in [6.45, 7) is 1.16. The molecule has 0 aliphatic carbocycles. The zero-order valence-electron chi connectivity index (χ0n) is 8.98. The van der Waals surface area contributed by atoms with Gasteiger partial charge in [0.15, 0.2) is 0 Å². The van der Waals surface area contributed by atoms with Gasteiger partial charge in [0, 0.05) is 12.8 Å². The molecule has 0 aromatic carbocycles. The molecule has 1 aromatic rings. The Morgan fingerprint density at radius 1 is 1.56 bits per heavy atom. The van der Waals surface area contributed by atoms with Crippen molar-refractivity contribution in [3.05, 3.63) is 30.1 Å². The van der Waals surface area contributed by atoms with Crippen LogP contribution in [-0.2, 0) is 11.3 Å². The van der Waals surface area contributed by atoms with Crippen molar-refractivity contribution in [1.82, 2.24) is 15.6 Å². The summed E-state index contributed by atoms with van der Waals surface area (Å²) >= 11 is 0. The molecule has 1 unspecified atom stereocenters. The predicted molar refractivity (Wildman–Crippen MR) is 58.6 cm³/mol. The molecule has 5 nitrogen and oxygen atoms in total. The van der Waals surface area contributed by atoms with Crippen LogP contribution in [0.3, 0.4) is 0 Å². The molecule has 0 saturated carbocycles. The second-order valence-electron chi connectivity index (χ2n) is 3.65. The Labute approximate surface area is 94.2 Å². The fourth-order valence-corrected chi connectivity index (χ4v) is 1.56. The van der Waals surface area contributed by atoms with Crippen LogP contribution in [0, 0.1) is 0 Å². The molecule has 2 amide bonds. The van der Waals surface area contributed by atoms with Crippen molar-refractivity contribution in [2.45, 2.75) is 25.6 Å². The van der Waals surface area contributed by atoms with E-state index in [1.165, 1.54) is 0 Å². The first kappa shape index (κ1) is 10.9. The van der Waals surface area contributed by atoms with E-state index in [0.29, 0.717) is 6.54 Å². The second kappa shape index (κ2) is 5.46. The number of nitrogens with one attached hydrogen (secondary N) is 2. The molecule has 0 radical (unpaired) electrons. The molecule has 1 atom stereocenters. The Hall–Kier alpha value is -1.62. The molecule has 1 fully saturated rings. The summed E-state index contributed by atoms with van der Waals surface area (Å²) in [6, 6.07) is 5.39. The van der Waals surface area contributed by atoms with Gasteiger partial charge in [0.05, 0.1) is 12.2 Å². The summed E-state index contributed by atoms with van der Waals surface area (Å²) in [4.78, 5) is 15.6. The highest BCUT2D eigenvalue weighted by Gasteiger charge is 2.17. The van der Waals surface area contributed by atoms with Gasteiger partial charge in [-0.3, -0.25) is 4.98 Å². The minimum Gasteiger partial charge on any atom is -0.358 e. The van der Waals surface area contributed by atoms with Crippen LogP contribution in [0.5, 0.6) is 0 Å². The van der Waals surface area contributed by atoms with Crippen molar-refractivity contribution in [3.63, 3.8) is 0 Å². The van der Waals surface area contributed by atoms with Crippen molar-refractivity contribution in [2.24, 2.45) is 0 Å². The van der Waals surface area contributed by atoms with Gasteiger partial charge in [-0.25, -0.2) is 4.79 Å². The molecule has 86 valence electrons. The van der Waals surface area contributed by atoms with Crippen molar-refractivity contribution >= 4 is 6.03 Å². The molecule has 1 aliphatic heterocycles. The number of hydrogen-bond acceptors (Lipinski definition) is 3. The fourth-order valence-electron chi connectivity index (χ4n) is 1.56. The van der Waals surface area contributed by atoms with Crippen LogP contribution in [0.2, 0.25) is 0 Å². The van der Waals surface area contributed by atoms with Gasteiger partial charge in [-0.1, -0.05) is 6.07 Å². The zero-order valence-corrected chi connectivity index (χ0v) is 8.98. The Morgan fingerprint density at radius 3 is 3.19 bits per heavy atom. The van der Waals surface area contributed by atoms with Gasteiger partial charge in [0.2, 0.25) is 0 Å². The Morgan fingerprint density at radius 2 is 2.50 bits per heavy atom. The molecule has 16 heavy (non-hydrogen) atoms. The Kier molecular flexibility index (Phi) is 3.71. The summed E-state index contributed by atoms with van der Waals surface area (Å²) in [7, 11) is 0. The monoisotopic (exact) mass is 221 g/mol. The third-order valence-electron chi connectivity index (χ3n) is 2.38. The SMILES string of the molecule is O=C(NCc1ccccn1)NC1CCCO1. The minimum atomic E-state index is -0.211. The smallest absolute Gasteiger partial charge is 0.317 e. The quantitative estimate of drug-likeness (QED) is 0.801. The first-order chi connectivity index (χ1) is 7.84. The van der Waals surface area contributed by atoms with Gasteiger partial charge in [0.25, 0.3) is 0 Å². The maximum atomic E-state index is 11.4. The highest BCUT2D eigenvalue weighted by molar-refractivity contribution is 5.73. The summed E-state index contributed by atoms with van der Waals surface area (Å²) in [6.07, 6.45) is 3.46. The predicted octanol–water partition coefficient (Wildman–Crippen LogP) is 1.02. The average molecular weight is 221 g/mol. The molecule has 1 aliphatic rings. The number of rotatable bonds is 3. The Bertz CT molecular complexity index is 336. The lowest BCUT2D eigenvalue weighted by atomic mass is 10.3. The van der Waals surface area contributed by atoms with Gasteiger partial charge < -0.3 is 15.4 Å². The molecule has 2 heterocycles. The second-order valence-corrected chi connectivity index (χ2v) is 3.65.